The van der Waals surface area contributed by atoms with Gasteiger partial charge >= 0.3 is 6.03 Å². The van der Waals surface area contributed by atoms with Crippen molar-refractivity contribution in [1.82, 2.24) is 9.80 Å². The Morgan fingerprint density at radius 3 is 2.95 bits per heavy atom. The third kappa shape index (κ3) is 3.53. The van der Waals surface area contributed by atoms with Crippen molar-refractivity contribution >= 4 is 6.03 Å². The van der Waals surface area contributed by atoms with Gasteiger partial charge in [-0.2, -0.15) is 5.26 Å². The molecule has 1 aromatic carbocycles. The molecule has 1 aliphatic rings. The van der Waals surface area contributed by atoms with E-state index >= 15 is 0 Å². The normalized spacial score (nSPS) is 18.4. The van der Waals surface area contributed by atoms with Gasteiger partial charge in [-0.3, -0.25) is 0 Å². The molecule has 1 aromatic rings. The average molecular weight is 287 g/mol. The summed E-state index contributed by atoms with van der Waals surface area (Å²) in [5.41, 5.74) is 1.55. The Bertz CT molecular complexity index is 551. The van der Waals surface area contributed by atoms with Crippen molar-refractivity contribution in [3.05, 3.63) is 35.4 Å². The molecule has 0 aromatic heterocycles. The van der Waals surface area contributed by atoms with Crippen LogP contribution in [0.3, 0.4) is 0 Å². The summed E-state index contributed by atoms with van der Waals surface area (Å²) in [5.74, 6) is 0. The summed E-state index contributed by atoms with van der Waals surface area (Å²) < 4.78 is 5.76. The fourth-order valence-corrected chi connectivity index (χ4v) is 2.28. The summed E-state index contributed by atoms with van der Waals surface area (Å²) in [6, 6.07) is 9.69. The fraction of sp³-hybridized carbons (Fsp3) is 0.500. The van der Waals surface area contributed by atoms with E-state index in [2.05, 4.69) is 6.07 Å². The van der Waals surface area contributed by atoms with E-state index in [1.165, 1.54) is 0 Å². The molecule has 112 valence electrons. The van der Waals surface area contributed by atoms with Crippen molar-refractivity contribution in [2.45, 2.75) is 26.0 Å². The highest BCUT2D eigenvalue weighted by Gasteiger charge is 2.28. The SMILES string of the molecule is CC(C)N(C)C(=O)N1CCO[C@@H](c2cccc(C#N)c2)C1. The van der Waals surface area contributed by atoms with Crippen molar-refractivity contribution in [1.29, 1.82) is 5.26 Å². The minimum absolute atomic E-state index is 0.0229. The van der Waals surface area contributed by atoms with Crippen LogP contribution >= 0.6 is 0 Å². The molecular formula is C16H21N3O2. The highest BCUT2D eigenvalue weighted by Crippen LogP contribution is 2.23. The van der Waals surface area contributed by atoms with Crippen LogP contribution in [-0.2, 0) is 4.74 Å². The molecule has 0 saturated carbocycles. The minimum atomic E-state index is -0.170. The molecule has 0 N–H and O–H groups in total. The molecule has 1 atom stereocenters. The lowest BCUT2D eigenvalue weighted by Crippen LogP contribution is -2.49. The lowest BCUT2D eigenvalue weighted by Gasteiger charge is -2.36. The first-order chi connectivity index (χ1) is 10.0. The third-order valence-electron chi connectivity index (χ3n) is 3.80. The molecule has 21 heavy (non-hydrogen) atoms. The van der Waals surface area contributed by atoms with E-state index in [9.17, 15) is 4.79 Å². The van der Waals surface area contributed by atoms with Gasteiger partial charge in [0.1, 0.15) is 6.10 Å². The number of carbonyl (C=O) groups excluding carboxylic acids is 1. The van der Waals surface area contributed by atoms with Gasteiger partial charge in [-0.1, -0.05) is 12.1 Å². The van der Waals surface area contributed by atoms with Gasteiger partial charge in [-0.25, -0.2) is 4.79 Å². The number of rotatable bonds is 2. The van der Waals surface area contributed by atoms with Crippen LogP contribution in [0, 0.1) is 11.3 Å². The molecule has 2 amide bonds. The Labute approximate surface area is 125 Å². The zero-order valence-electron chi connectivity index (χ0n) is 12.7. The molecule has 0 radical (unpaired) electrons. The van der Waals surface area contributed by atoms with Crippen LogP contribution in [0.1, 0.15) is 31.1 Å². The maximum absolute atomic E-state index is 12.4. The predicted molar refractivity (Wildman–Crippen MR) is 79.7 cm³/mol. The first-order valence-corrected chi connectivity index (χ1v) is 7.16. The standard InChI is InChI=1S/C16H21N3O2/c1-12(2)18(3)16(20)19-7-8-21-15(11-19)14-6-4-5-13(9-14)10-17/h4-6,9,12,15H,7-8,11H2,1-3H3/t15-/m1/s1. The van der Waals surface area contributed by atoms with E-state index in [1.807, 2.05) is 44.0 Å². The summed E-state index contributed by atoms with van der Waals surface area (Å²) in [6.45, 7) is 5.62. The van der Waals surface area contributed by atoms with E-state index in [0.29, 0.717) is 25.3 Å². The van der Waals surface area contributed by atoms with Gasteiger partial charge in [-0.05, 0) is 31.5 Å². The second-order valence-electron chi connectivity index (χ2n) is 5.53. The number of ether oxygens (including phenoxy) is 1. The van der Waals surface area contributed by atoms with Crippen LogP contribution in [0.4, 0.5) is 4.79 Å². The van der Waals surface area contributed by atoms with Gasteiger partial charge in [0, 0.05) is 19.6 Å². The number of morpholine rings is 1. The maximum Gasteiger partial charge on any atom is 0.320 e. The number of amides is 2. The van der Waals surface area contributed by atoms with Crippen LogP contribution in [0.2, 0.25) is 0 Å². The summed E-state index contributed by atoms with van der Waals surface area (Å²) in [5, 5.41) is 8.97. The highest BCUT2D eigenvalue weighted by atomic mass is 16.5. The summed E-state index contributed by atoms with van der Waals surface area (Å²) in [6.07, 6.45) is -0.170. The number of carbonyl (C=O) groups is 1. The molecule has 1 heterocycles. The first-order valence-electron chi connectivity index (χ1n) is 7.16. The highest BCUT2D eigenvalue weighted by molar-refractivity contribution is 5.74. The average Bonchev–Trinajstić information content (AvgIpc) is 2.53. The van der Waals surface area contributed by atoms with E-state index in [-0.39, 0.29) is 18.2 Å². The summed E-state index contributed by atoms with van der Waals surface area (Å²) in [7, 11) is 1.81. The van der Waals surface area contributed by atoms with E-state index in [4.69, 9.17) is 10.00 Å². The molecular weight excluding hydrogens is 266 g/mol. The second kappa shape index (κ2) is 6.59. The van der Waals surface area contributed by atoms with Gasteiger partial charge in [0.2, 0.25) is 0 Å². The molecule has 1 aliphatic heterocycles. The lowest BCUT2D eigenvalue weighted by atomic mass is 10.1. The minimum Gasteiger partial charge on any atom is -0.370 e. The van der Waals surface area contributed by atoms with Crippen LogP contribution in [0.25, 0.3) is 0 Å². The van der Waals surface area contributed by atoms with Gasteiger partial charge in [0.05, 0.1) is 24.8 Å². The Morgan fingerprint density at radius 2 is 2.29 bits per heavy atom. The fourth-order valence-electron chi connectivity index (χ4n) is 2.28. The van der Waals surface area contributed by atoms with Crippen LogP contribution in [-0.4, -0.2) is 48.6 Å². The largest absolute Gasteiger partial charge is 0.370 e. The topological polar surface area (TPSA) is 56.6 Å². The molecule has 1 fully saturated rings. The molecule has 0 unspecified atom stereocenters. The Kier molecular flexibility index (Phi) is 4.81. The van der Waals surface area contributed by atoms with Crippen molar-refractivity contribution in [3.63, 3.8) is 0 Å². The maximum atomic E-state index is 12.4. The summed E-state index contributed by atoms with van der Waals surface area (Å²) >= 11 is 0. The third-order valence-corrected chi connectivity index (χ3v) is 3.80. The number of nitrogens with zero attached hydrogens (tertiary/aromatic N) is 3. The van der Waals surface area contributed by atoms with Gasteiger partial charge in [0.15, 0.2) is 0 Å². The first kappa shape index (κ1) is 15.3. The Morgan fingerprint density at radius 1 is 1.52 bits per heavy atom. The lowest BCUT2D eigenvalue weighted by molar-refractivity contribution is -0.0206. The number of hydrogen-bond donors (Lipinski definition) is 0. The van der Waals surface area contributed by atoms with Crippen molar-refractivity contribution in [2.24, 2.45) is 0 Å². The number of hydrogen-bond acceptors (Lipinski definition) is 3. The van der Waals surface area contributed by atoms with Crippen molar-refractivity contribution < 1.29 is 9.53 Å². The zero-order chi connectivity index (χ0) is 15.4. The predicted octanol–water partition coefficient (Wildman–Crippen LogP) is 2.39. The molecule has 5 nitrogen and oxygen atoms in total. The quantitative estimate of drug-likeness (QED) is 0.839. The van der Waals surface area contributed by atoms with Crippen LogP contribution < -0.4 is 0 Å². The monoisotopic (exact) mass is 287 g/mol. The van der Waals surface area contributed by atoms with Crippen LogP contribution in [0.5, 0.6) is 0 Å². The van der Waals surface area contributed by atoms with Crippen molar-refractivity contribution in [3.8, 4) is 6.07 Å². The molecule has 1 saturated heterocycles. The molecule has 0 bridgehead atoms. The Hall–Kier alpha value is -2.06. The second-order valence-corrected chi connectivity index (χ2v) is 5.53. The van der Waals surface area contributed by atoms with E-state index < -0.39 is 0 Å². The van der Waals surface area contributed by atoms with E-state index in [1.54, 1.807) is 11.0 Å². The molecule has 0 aliphatic carbocycles. The van der Waals surface area contributed by atoms with Gasteiger partial charge in [0.25, 0.3) is 0 Å². The molecule has 2 rings (SSSR count). The van der Waals surface area contributed by atoms with Crippen molar-refractivity contribution in [2.75, 3.05) is 26.7 Å². The van der Waals surface area contributed by atoms with Crippen LogP contribution in [0.15, 0.2) is 24.3 Å². The molecule has 0 spiro atoms. The smallest absolute Gasteiger partial charge is 0.320 e. The summed E-state index contributed by atoms with van der Waals surface area (Å²) in [4.78, 5) is 15.9. The number of nitriles is 1. The zero-order valence-corrected chi connectivity index (χ0v) is 12.7. The van der Waals surface area contributed by atoms with E-state index in [0.717, 1.165) is 5.56 Å². The van der Waals surface area contributed by atoms with Gasteiger partial charge in [-0.15, -0.1) is 0 Å². The molecule has 5 heteroatoms. The number of benzene rings is 1. The Balaban J connectivity index is 2.10. The van der Waals surface area contributed by atoms with Gasteiger partial charge < -0.3 is 14.5 Å². The number of urea groups is 1.